The molecule has 4 nitrogen and oxygen atoms in total. The highest BCUT2D eigenvalue weighted by Crippen LogP contribution is 2.36. The number of esters is 1. The molecule has 0 fully saturated rings. The number of hydrogen-bond donors (Lipinski definition) is 1. The number of fused-ring (bicyclic) bond motifs is 1. The maximum Gasteiger partial charge on any atom is 0.340 e. The van der Waals surface area contributed by atoms with Gasteiger partial charge in [0.2, 0.25) is 5.79 Å². The third kappa shape index (κ3) is 2.42. The summed E-state index contributed by atoms with van der Waals surface area (Å²) in [5, 5.41) is 10.1. The van der Waals surface area contributed by atoms with Crippen LogP contribution in [0.3, 0.4) is 0 Å². The average Bonchev–Trinajstić information content (AvgIpc) is 2.28. The average molecular weight is 313 g/mol. The third-order valence-electron chi connectivity index (χ3n) is 2.58. The van der Waals surface area contributed by atoms with Crippen LogP contribution in [0, 0.1) is 0 Å². The fourth-order valence-electron chi connectivity index (χ4n) is 1.74. The van der Waals surface area contributed by atoms with E-state index >= 15 is 0 Å². The lowest BCUT2D eigenvalue weighted by atomic mass is 10.00. The van der Waals surface area contributed by atoms with E-state index in [4.69, 9.17) is 9.47 Å². The number of rotatable bonds is 2. The summed E-state index contributed by atoms with van der Waals surface area (Å²) >= 11 is 3.34. The summed E-state index contributed by atoms with van der Waals surface area (Å²) in [7, 11) is 0. The van der Waals surface area contributed by atoms with Gasteiger partial charge in [0.15, 0.2) is 0 Å². The predicted molar refractivity (Wildman–Crippen MR) is 70.0 cm³/mol. The molecule has 1 atom stereocenters. The maximum atomic E-state index is 11.8. The van der Waals surface area contributed by atoms with Crippen LogP contribution in [0.5, 0.6) is 5.75 Å². The first-order valence-corrected chi connectivity index (χ1v) is 6.33. The Morgan fingerprint density at radius 2 is 2.28 bits per heavy atom. The summed E-state index contributed by atoms with van der Waals surface area (Å²) in [5.41, 5.74) is 0.814. The van der Waals surface area contributed by atoms with Gasteiger partial charge in [-0.2, -0.15) is 0 Å². The van der Waals surface area contributed by atoms with E-state index in [2.05, 4.69) is 15.9 Å². The largest absolute Gasteiger partial charge is 0.462 e. The van der Waals surface area contributed by atoms with Crippen LogP contribution in [-0.2, 0) is 9.53 Å². The van der Waals surface area contributed by atoms with Gasteiger partial charge in [-0.25, -0.2) is 4.79 Å². The fourth-order valence-corrected chi connectivity index (χ4v) is 2.12. The summed E-state index contributed by atoms with van der Waals surface area (Å²) in [4.78, 5) is 11.8. The lowest BCUT2D eigenvalue weighted by Crippen LogP contribution is -2.40. The number of halogens is 1. The topological polar surface area (TPSA) is 55.8 Å². The van der Waals surface area contributed by atoms with Gasteiger partial charge in [0.05, 0.1) is 6.61 Å². The van der Waals surface area contributed by atoms with Crippen molar-refractivity contribution >= 4 is 28.0 Å². The van der Waals surface area contributed by atoms with Crippen LogP contribution in [0.2, 0.25) is 0 Å². The van der Waals surface area contributed by atoms with Crippen molar-refractivity contribution in [3.05, 3.63) is 33.8 Å². The summed E-state index contributed by atoms with van der Waals surface area (Å²) in [6, 6.07) is 5.34. The molecule has 96 valence electrons. The Bertz CT molecular complexity index is 520. The molecule has 18 heavy (non-hydrogen) atoms. The van der Waals surface area contributed by atoms with Crippen molar-refractivity contribution in [2.75, 3.05) is 6.61 Å². The van der Waals surface area contributed by atoms with Crippen molar-refractivity contribution in [3.8, 4) is 5.75 Å². The summed E-state index contributed by atoms with van der Waals surface area (Å²) in [5.74, 6) is -1.73. The molecule has 0 spiro atoms. The van der Waals surface area contributed by atoms with Gasteiger partial charge in [-0.3, -0.25) is 0 Å². The molecule has 1 aliphatic heterocycles. The van der Waals surface area contributed by atoms with E-state index in [1.807, 2.05) is 6.07 Å². The van der Waals surface area contributed by atoms with E-state index in [-0.39, 0.29) is 12.2 Å². The molecule has 0 aromatic heterocycles. The number of ether oxygens (including phenoxy) is 2. The number of carbonyl (C=O) groups excluding carboxylic acids is 1. The number of aliphatic hydroxyl groups is 1. The molecular weight excluding hydrogens is 300 g/mol. The normalized spacial score (nSPS) is 21.7. The Hall–Kier alpha value is -1.33. The van der Waals surface area contributed by atoms with Crippen molar-refractivity contribution in [3.63, 3.8) is 0 Å². The Balaban J connectivity index is 2.46. The number of carbonyl (C=O) groups is 1. The number of benzene rings is 1. The molecular formula is C13H13BrO4. The first-order chi connectivity index (χ1) is 8.44. The molecule has 1 aromatic carbocycles. The summed E-state index contributed by atoms with van der Waals surface area (Å²) in [6.45, 7) is 3.37. The van der Waals surface area contributed by atoms with Crippen molar-refractivity contribution in [2.24, 2.45) is 0 Å². The van der Waals surface area contributed by atoms with Crippen LogP contribution in [0.4, 0.5) is 0 Å². The maximum absolute atomic E-state index is 11.8. The second-order valence-corrected chi connectivity index (χ2v) is 4.96. The van der Waals surface area contributed by atoms with Gasteiger partial charge in [-0.15, -0.1) is 0 Å². The highest BCUT2D eigenvalue weighted by Gasteiger charge is 2.38. The fraction of sp³-hybridized carbons (Fsp3) is 0.308. The zero-order valence-corrected chi connectivity index (χ0v) is 11.7. The van der Waals surface area contributed by atoms with E-state index in [9.17, 15) is 9.90 Å². The van der Waals surface area contributed by atoms with E-state index in [1.165, 1.54) is 6.92 Å². The van der Waals surface area contributed by atoms with Crippen molar-refractivity contribution in [1.29, 1.82) is 0 Å². The van der Waals surface area contributed by atoms with Gasteiger partial charge in [0, 0.05) is 17.0 Å². The van der Waals surface area contributed by atoms with Gasteiger partial charge >= 0.3 is 5.97 Å². The van der Waals surface area contributed by atoms with E-state index in [0.717, 1.165) is 10.0 Å². The molecule has 1 unspecified atom stereocenters. The quantitative estimate of drug-likeness (QED) is 0.852. The Morgan fingerprint density at radius 3 is 2.94 bits per heavy atom. The monoisotopic (exact) mass is 312 g/mol. The Morgan fingerprint density at radius 1 is 1.56 bits per heavy atom. The van der Waals surface area contributed by atoms with Gasteiger partial charge in [-0.05, 0) is 31.2 Å². The van der Waals surface area contributed by atoms with Crippen LogP contribution in [0.15, 0.2) is 28.2 Å². The lowest BCUT2D eigenvalue weighted by molar-refractivity contribution is -0.148. The minimum absolute atomic E-state index is 0.0925. The number of hydrogen-bond acceptors (Lipinski definition) is 4. The van der Waals surface area contributed by atoms with Crippen LogP contribution in [0.25, 0.3) is 6.08 Å². The van der Waals surface area contributed by atoms with Gasteiger partial charge in [-0.1, -0.05) is 15.9 Å². The van der Waals surface area contributed by atoms with Gasteiger partial charge in [0.1, 0.15) is 11.3 Å². The first kappa shape index (κ1) is 13.1. The SMILES string of the molecule is CCOC(=O)C1=Cc2cc(Br)ccc2OC1(C)O. The molecule has 1 aromatic rings. The minimum atomic E-state index is -1.67. The minimum Gasteiger partial charge on any atom is -0.462 e. The van der Waals surface area contributed by atoms with Crippen LogP contribution >= 0.6 is 15.9 Å². The van der Waals surface area contributed by atoms with E-state index in [0.29, 0.717) is 5.75 Å². The molecule has 0 bridgehead atoms. The second kappa shape index (κ2) is 4.74. The molecule has 0 saturated heterocycles. The molecule has 1 aliphatic rings. The van der Waals surface area contributed by atoms with Gasteiger partial charge < -0.3 is 14.6 Å². The highest BCUT2D eigenvalue weighted by molar-refractivity contribution is 9.10. The van der Waals surface area contributed by atoms with E-state index in [1.54, 1.807) is 25.1 Å². The zero-order chi connectivity index (χ0) is 13.3. The summed E-state index contributed by atoms with van der Waals surface area (Å²) < 4.78 is 11.2. The molecule has 2 rings (SSSR count). The highest BCUT2D eigenvalue weighted by atomic mass is 79.9. The van der Waals surface area contributed by atoms with Crippen LogP contribution in [0.1, 0.15) is 19.4 Å². The molecule has 0 aliphatic carbocycles. The zero-order valence-electron chi connectivity index (χ0n) is 10.1. The van der Waals surface area contributed by atoms with Crippen molar-refractivity contribution in [2.45, 2.75) is 19.6 Å². The summed E-state index contributed by atoms with van der Waals surface area (Å²) in [6.07, 6.45) is 1.58. The Kier molecular flexibility index (Phi) is 3.45. The van der Waals surface area contributed by atoms with Crippen molar-refractivity contribution in [1.82, 2.24) is 0 Å². The van der Waals surface area contributed by atoms with Crippen molar-refractivity contribution < 1.29 is 19.4 Å². The standard InChI is InChI=1S/C13H13BrO4/c1-3-17-12(15)10-7-8-6-9(14)4-5-11(8)18-13(10,2)16/h4-7,16H,3H2,1-2H3. The second-order valence-electron chi connectivity index (χ2n) is 4.05. The molecule has 0 amide bonds. The molecule has 0 saturated carbocycles. The van der Waals surface area contributed by atoms with Gasteiger partial charge in [0.25, 0.3) is 0 Å². The first-order valence-electron chi connectivity index (χ1n) is 5.54. The molecule has 0 radical (unpaired) electrons. The van der Waals surface area contributed by atoms with Crippen LogP contribution in [-0.4, -0.2) is 23.5 Å². The molecule has 1 heterocycles. The lowest BCUT2D eigenvalue weighted by Gasteiger charge is -2.30. The molecule has 5 heteroatoms. The Labute approximate surface area is 113 Å². The molecule has 1 N–H and O–H groups in total. The third-order valence-corrected chi connectivity index (χ3v) is 3.07. The predicted octanol–water partition coefficient (Wildman–Crippen LogP) is 2.50. The van der Waals surface area contributed by atoms with Crippen LogP contribution < -0.4 is 4.74 Å². The van der Waals surface area contributed by atoms with E-state index < -0.39 is 11.8 Å². The smallest absolute Gasteiger partial charge is 0.340 e.